The van der Waals surface area contributed by atoms with Gasteiger partial charge >= 0.3 is 0 Å². The van der Waals surface area contributed by atoms with E-state index in [9.17, 15) is 8.42 Å². The van der Waals surface area contributed by atoms with E-state index in [0.29, 0.717) is 30.9 Å². The summed E-state index contributed by atoms with van der Waals surface area (Å²) >= 11 is 0. The van der Waals surface area contributed by atoms with Crippen LogP contribution in [0.25, 0.3) is 10.9 Å². The summed E-state index contributed by atoms with van der Waals surface area (Å²) in [6.45, 7) is 1.38. The van der Waals surface area contributed by atoms with Crippen LogP contribution in [0.2, 0.25) is 0 Å². The third kappa shape index (κ3) is 3.22. The molecule has 0 unspecified atom stereocenters. The molecule has 25 heavy (non-hydrogen) atoms. The van der Waals surface area contributed by atoms with Gasteiger partial charge in [-0.15, -0.1) is 0 Å². The maximum atomic E-state index is 11.6. The zero-order valence-electron chi connectivity index (χ0n) is 14.4. The first-order chi connectivity index (χ1) is 11.9. The Bertz CT molecular complexity index is 885. The maximum absolute atomic E-state index is 11.6. The highest BCUT2D eigenvalue weighted by molar-refractivity contribution is 7.91. The number of para-hydroxylation sites is 1. The second kappa shape index (κ2) is 6.21. The van der Waals surface area contributed by atoms with E-state index in [0.717, 1.165) is 42.4 Å². The number of fused-ring (bicyclic) bond motifs is 1. The molecule has 1 saturated carbocycles. The van der Waals surface area contributed by atoms with Crippen LogP contribution in [-0.2, 0) is 9.84 Å². The molecule has 0 radical (unpaired) electrons. The molecule has 4 rings (SSSR count). The molecule has 6 nitrogen and oxygen atoms in total. The second-order valence-corrected chi connectivity index (χ2v) is 9.72. The van der Waals surface area contributed by atoms with E-state index in [1.807, 2.05) is 24.3 Å². The predicted molar refractivity (Wildman–Crippen MR) is 99.2 cm³/mol. The molecule has 1 aromatic carbocycles. The number of nitrogens with two attached hydrogens (primary N) is 1. The Morgan fingerprint density at radius 3 is 2.44 bits per heavy atom. The number of nitrogen functional groups attached to an aromatic ring is 1. The Morgan fingerprint density at radius 1 is 1.08 bits per heavy atom. The molecule has 134 valence electrons. The first-order valence-corrected chi connectivity index (χ1v) is 10.8. The van der Waals surface area contributed by atoms with Crippen LogP contribution in [-0.4, -0.2) is 53.9 Å². The lowest BCUT2D eigenvalue weighted by molar-refractivity contribution is 0.0895. The number of likely N-dealkylation sites (tertiary alicyclic amines) is 1. The van der Waals surface area contributed by atoms with Crippen molar-refractivity contribution >= 4 is 26.6 Å². The van der Waals surface area contributed by atoms with Crippen LogP contribution in [0.1, 0.15) is 37.4 Å². The summed E-state index contributed by atoms with van der Waals surface area (Å²) in [5.41, 5.74) is 7.02. The van der Waals surface area contributed by atoms with Crippen molar-refractivity contribution in [1.29, 1.82) is 0 Å². The first-order valence-electron chi connectivity index (χ1n) is 8.87. The van der Waals surface area contributed by atoms with Gasteiger partial charge in [0.05, 0.1) is 10.8 Å². The molecule has 1 saturated heterocycles. The largest absolute Gasteiger partial charge is 0.383 e. The van der Waals surface area contributed by atoms with Crippen LogP contribution in [0, 0.1) is 0 Å². The molecule has 0 spiro atoms. The minimum atomic E-state index is -2.89. The number of aromatic nitrogens is 2. The third-order valence-corrected chi connectivity index (χ3v) is 7.22. The average Bonchev–Trinajstić information content (AvgIpc) is 2.53. The zero-order chi connectivity index (χ0) is 17.6. The Hall–Kier alpha value is -1.73. The maximum Gasteiger partial charge on any atom is 0.152 e. The van der Waals surface area contributed by atoms with E-state index in [4.69, 9.17) is 10.7 Å². The molecular formula is C18H24N4O2S. The van der Waals surface area contributed by atoms with Crippen molar-refractivity contribution in [2.75, 3.05) is 25.1 Å². The number of nitrogens with zero attached hydrogens (tertiary/aromatic N) is 3. The fraction of sp³-hybridized carbons (Fsp3) is 0.556. The molecule has 0 bridgehead atoms. The fourth-order valence-electron chi connectivity index (χ4n) is 4.04. The van der Waals surface area contributed by atoms with E-state index < -0.39 is 9.84 Å². The number of anilines is 1. The van der Waals surface area contributed by atoms with Crippen molar-refractivity contribution in [1.82, 2.24) is 14.9 Å². The Morgan fingerprint density at radius 2 is 1.76 bits per heavy atom. The average molecular weight is 360 g/mol. The van der Waals surface area contributed by atoms with Crippen molar-refractivity contribution < 1.29 is 8.42 Å². The lowest BCUT2D eigenvalue weighted by atomic mass is 9.83. The van der Waals surface area contributed by atoms with Crippen LogP contribution in [0.5, 0.6) is 0 Å². The predicted octanol–water partition coefficient (Wildman–Crippen LogP) is 1.97. The second-order valence-electron chi connectivity index (χ2n) is 7.40. The van der Waals surface area contributed by atoms with Crippen molar-refractivity contribution in [3.8, 4) is 0 Å². The number of sulfone groups is 1. The standard InChI is InChI=1S/C18H24N4O2S/c1-25(23,24)14-10-22(11-14)13-8-6-12(7-9-13)18-20-16-5-3-2-4-15(16)17(19)21-18/h2-5,12-14H,6-11H2,1H3,(H2,19,20,21). The monoisotopic (exact) mass is 360 g/mol. The molecule has 2 heterocycles. The summed E-state index contributed by atoms with van der Waals surface area (Å²) in [6, 6.07) is 8.34. The molecule has 2 fully saturated rings. The summed E-state index contributed by atoms with van der Waals surface area (Å²) in [6.07, 6.45) is 5.53. The molecule has 7 heteroatoms. The normalized spacial score (nSPS) is 25.8. The highest BCUT2D eigenvalue weighted by atomic mass is 32.2. The van der Waals surface area contributed by atoms with Gasteiger partial charge in [-0.3, -0.25) is 4.90 Å². The van der Waals surface area contributed by atoms with Crippen molar-refractivity contribution in [2.45, 2.75) is 42.9 Å². The van der Waals surface area contributed by atoms with Gasteiger partial charge in [0, 0.05) is 36.7 Å². The Kier molecular flexibility index (Phi) is 4.16. The lowest BCUT2D eigenvalue weighted by Gasteiger charge is -2.45. The molecule has 0 amide bonds. The van der Waals surface area contributed by atoms with Gasteiger partial charge in [-0.1, -0.05) is 12.1 Å². The first kappa shape index (κ1) is 16.7. The van der Waals surface area contributed by atoms with Gasteiger partial charge in [0.15, 0.2) is 9.84 Å². The number of benzene rings is 1. The van der Waals surface area contributed by atoms with Gasteiger partial charge in [0.2, 0.25) is 0 Å². The number of hydrogen-bond acceptors (Lipinski definition) is 6. The molecule has 2 aromatic rings. The van der Waals surface area contributed by atoms with Gasteiger partial charge in [0.25, 0.3) is 0 Å². The summed E-state index contributed by atoms with van der Waals surface area (Å²) < 4.78 is 23.1. The molecule has 0 atom stereocenters. The van der Waals surface area contributed by atoms with E-state index in [1.165, 1.54) is 6.26 Å². The molecular weight excluding hydrogens is 336 g/mol. The SMILES string of the molecule is CS(=O)(=O)C1CN(C2CCC(c3nc(N)c4ccccc4n3)CC2)C1. The van der Waals surface area contributed by atoms with Gasteiger partial charge in [0.1, 0.15) is 11.6 Å². The van der Waals surface area contributed by atoms with E-state index in [2.05, 4.69) is 9.88 Å². The van der Waals surface area contributed by atoms with E-state index >= 15 is 0 Å². The fourth-order valence-corrected chi connectivity index (χ4v) is 4.96. The summed E-state index contributed by atoms with van der Waals surface area (Å²) in [5, 5.41) is 0.737. The van der Waals surface area contributed by atoms with Gasteiger partial charge in [-0.2, -0.15) is 0 Å². The molecule has 1 aliphatic carbocycles. The Balaban J connectivity index is 1.41. The highest BCUT2D eigenvalue weighted by Crippen LogP contribution is 2.36. The van der Waals surface area contributed by atoms with Crippen LogP contribution < -0.4 is 5.73 Å². The lowest BCUT2D eigenvalue weighted by Crippen LogP contribution is -2.58. The smallest absolute Gasteiger partial charge is 0.152 e. The number of rotatable bonds is 3. The topological polar surface area (TPSA) is 89.2 Å². The van der Waals surface area contributed by atoms with Gasteiger partial charge in [-0.25, -0.2) is 18.4 Å². The van der Waals surface area contributed by atoms with Crippen molar-refractivity contribution in [3.63, 3.8) is 0 Å². The van der Waals surface area contributed by atoms with Crippen LogP contribution >= 0.6 is 0 Å². The molecule has 1 aromatic heterocycles. The highest BCUT2D eigenvalue weighted by Gasteiger charge is 2.39. The minimum Gasteiger partial charge on any atom is -0.383 e. The van der Waals surface area contributed by atoms with Crippen LogP contribution in [0.4, 0.5) is 5.82 Å². The van der Waals surface area contributed by atoms with Crippen molar-refractivity contribution in [3.05, 3.63) is 30.1 Å². The van der Waals surface area contributed by atoms with Gasteiger partial charge in [-0.05, 0) is 37.8 Å². The zero-order valence-corrected chi connectivity index (χ0v) is 15.2. The summed E-state index contributed by atoms with van der Waals surface area (Å²) in [5.74, 6) is 1.75. The van der Waals surface area contributed by atoms with Crippen LogP contribution in [0.15, 0.2) is 24.3 Å². The Labute approximate surface area is 148 Å². The molecule has 2 aliphatic rings. The molecule has 2 N–H and O–H groups in total. The number of hydrogen-bond donors (Lipinski definition) is 1. The van der Waals surface area contributed by atoms with Crippen molar-refractivity contribution in [2.24, 2.45) is 0 Å². The molecule has 1 aliphatic heterocycles. The van der Waals surface area contributed by atoms with E-state index in [1.54, 1.807) is 0 Å². The van der Waals surface area contributed by atoms with Gasteiger partial charge < -0.3 is 5.73 Å². The van der Waals surface area contributed by atoms with Crippen LogP contribution in [0.3, 0.4) is 0 Å². The summed E-state index contributed by atoms with van der Waals surface area (Å²) in [7, 11) is -2.89. The minimum absolute atomic E-state index is 0.172. The van der Waals surface area contributed by atoms with E-state index in [-0.39, 0.29) is 5.25 Å². The third-order valence-electron chi connectivity index (χ3n) is 5.71. The quantitative estimate of drug-likeness (QED) is 0.900. The summed E-state index contributed by atoms with van der Waals surface area (Å²) in [4.78, 5) is 11.6.